The van der Waals surface area contributed by atoms with Crippen LogP contribution in [-0.2, 0) is 0 Å². The van der Waals surface area contributed by atoms with Crippen molar-refractivity contribution in [3.05, 3.63) is 24.3 Å². The molecular formula is C15H20F3NO. The topological polar surface area (TPSA) is 21.3 Å². The van der Waals surface area contributed by atoms with Gasteiger partial charge in [-0.25, -0.2) is 0 Å². The molecule has 1 aliphatic rings. The highest BCUT2D eigenvalue weighted by Gasteiger charge is 2.31. The number of alkyl halides is 3. The minimum absolute atomic E-state index is 0.187. The molecule has 0 aromatic heterocycles. The van der Waals surface area contributed by atoms with E-state index >= 15 is 0 Å². The fraction of sp³-hybridized carbons (Fsp3) is 0.600. The van der Waals surface area contributed by atoms with E-state index in [-0.39, 0.29) is 5.75 Å². The van der Waals surface area contributed by atoms with Crippen molar-refractivity contribution in [2.24, 2.45) is 11.8 Å². The zero-order chi connectivity index (χ0) is 14.8. The van der Waals surface area contributed by atoms with Gasteiger partial charge in [0.1, 0.15) is 5.75 Å². The van der Waals surface area contributed by atoms with Gasteiger partial charge in [-0.05, 0) is 48.9 Å². The molecule has 2 rings (SSSR count). The van der Waals surface area contributed by atoms with Crippen molar-refractivity contribution in [2.75, 3.05) is 5.32 Å². The van der Waals surface area contributed by atoms with Crippen LogP contribution in [0.25, 0.3) is 0 Å². The second kappa shape index (κ2) is 5.94. The summed E-state index contributed by atoms with van der Waals surface area (Å²) in [5, 5.41) is 3.43. The summed E-state index contributed by atoms with van der Waals surface area (Å²) in [6, 6.07) is 6.32. The van der Waals surface area contributed by atoms with Crippen LogP contribution in [0, 0.1) is 11.8 Å². The molecule has 1 aromatic rings. The normalized spacial score (nSPS) is 27.1. The van der Waals surface area contributed by atoms with Gasteiger partial charge < -0.3 is 10.1 Å². The lowest BCUT2D eigenvalue weighted by atomic mass is 9.78. The number of rotatable bonds is 3. The average molecular weight is 287 g/mol. The van der Waals surface area contributed by atoms with E-state index in [0.29, 0.717) is 17.9 Å². The quantitative estimate of drug-likeness (QED) is 0.860. The highest BCUT2D eigenvalue weighted by Crippen LogP contribution is 2.32. The van der Waals surface area contributed by atoms with E-state index in [2.05, 4.69) is 23.9 Å². The van der Waals surface area contributed by atoms with Crippen LogP contribution in [0.4, 0.5) is 18.9 Å². The Bertz CT molecular complexity index is 420. The van der Waals surface area contributed by atoms with Gasteiger partial charge in [-0.1, -0.05) is 20.3 Å². The number of hydrogen-bond acceptors (Lipinski definition) is 2. The first-order chi connectivity index (χ1) is 9.35. The molecule has 0 amide bonds. The van der Waals surface area contributed by atoms with Crippen molar-refractivity contribution in [2.45, 2.75) is 45.5 Å². The molecule has 0 heterocycles. The molecule has 5 heteroatoms. The molecule has 1 N–H and O–H groups in total. The summed E-state index contributed by atoms with van der Waals surface area (Å²) in [5.41, 5.74) is 0.838. The first kappa shape index (κ1) is 15.0. The highest BCUT2D eigenvalue weighted by atomic mass is 19.4. The molecule has 0 spiro atoms. The third-order valence-corrected chi connectivity index (χ3v) is 3.97. The van der Waals surface area contributed by atoms with Crippen molar-refractivity contribution < 1.29 is 17.9 Å². The molecular weight excluding hydrogens is 267 g/mol. The molecule has 2 nitrogen and oxygen atoms in total. The molecule has 0 aliphatic heterocycles. The van der Waals surface area contributed by atoms with Crippen molar-refractivity contribution in [1.82, 2.24) is 0 Å². The summed E-state index contributed by atoms with van der Waals surface area (Å²) in [5.74, 6) is 0.961. The van der Waals surface area contributed by atoms with Gasteiger partial charge in [0.15, 0.2) is 0 Å². The maximum atomic E-state index is 12.1. The predicted octanol–water partition coefficient (Wildman–Crippen LogP) is 4.82. The monoisotopic (exact) mass is 287 g/mol. The van der Waals surface area contributed by atoms with Crippen molar-refractivity contribution in [1.29, 1.82) is 0 Å². The molecule has 2 atom stereocenters. The minimum atomic E-state index is -4.64. The number of anilines is 1. The lowest BCUT2D eigenvalue weighted by molar-refractivity contribution is -0.274. The van der Waals surface area contributed by atoms with E-state index in [0.717, 1.165) is 5.69 Å². The Balaban J connectivity index is 1.99. The highest BCUT2D eigenvalue weighted by molar-refractivity contribution is 5.47. The largest absolute Gasteiger partial charge is 0.573 e. The van der Waals surface area contributed by atoms with Crippen molar-refractivity contribution in [3.8, 4) is 5.75 Å². The number of nitrogens with one attached hydrogen (secondary N) is 1. The van der Waals surface area contributed by atoms with Crippen LogP contribution in [0.3, 0.4) is 0 Å². The molecule has 0 radical (unpaired) electrons. The van der Waals surface area contributed by atoms with E-state index in [1.54, 1.807) is 12.1 Å². The number of ether oxygens (including phenoxy) is 1. The van der Waals surface area contributed by atoms with Crippen LogP contribution < -0.4 is 10.1 Å². The van der Waals surface area contributed by atoms with E-state index in [1.165, 1.54) is 31.4 Å². The van der Waals surface area contributed by atoms with Crippen molar-refractivity contribution >= 4 is 5.69 Å². The van der Waals surface area contributed by atoms with Gasteiger partial charge in [0.25, 0.3) is 0 Å². The molecule has 20 heavy (non-hydrogen) atoms. The Morgan fingerprint density at radius 3 is 2.10 bits per heavy atom. The standard InChI is InChI=1S/C15H20F3NO/c1-10-4-3-5-11(2)14(10)19-12-6-8-13(9-7-12)20-15(16,17)18/h6-11,14,19H,3-5H2,1-2H3. The average Bonchev–Trinajstić information content (AvgIpc) is 2.34. The Kier molecular flexibility index (Phi) is 4.45. The molecule has 1 aromatic carbocycles. The zero-order valence-corrected chi connectivity index (χ0v) is 11.7. The van der Waals surface area contributed by atoms with Crippen molar-refractivity contribution in [3.63, 3.8) is 0 Å². The first-order valence-corrected chi connectivity index (χ1v) is 6.97. The molecule has 1 fully saturated rings. The van der Waals surface area contributed by atoms with Gasteiger partial charge in [-0.3, -0.25) is 0 Å². The fourth-order valence-electron chi connectivity index (χ4n) is 2.91. The predicted molar refractivity (Wildman–Crippen MR) is 72.7 cm³/mol. The summed E-state index contributed by atoms with van der Waals surface area (Å²) in [6.07, 6.45) is -1.01. The summed E-state index contributed by atoms with van der Waals surface area (Å²) in [6.45, 7) is 4.43. The molecule has 1 aliphatic carbocycles. The Labute approximate surface area is 117 Å². The lowest BCUT2D eigenvalue weighted by Gasteiger charge is -2.35. The van der Waals surface area contributed by atoms with E-state index in [4.69, 9.17) is 0 Å². The second-order valence-corrected chi connectivity index (χ2v) is 5.63. The van der Waals surface area contributed by atoms with Crippen LogP contribution >= 0.6 is 0 Å². The van der Waals surface area contributed by atoms with Gasteiger partial charge in [0.05, 0.1) is 0 Å². The Hall–Kier alpha value is -1.39. The van der Waals surface area contributed by atoms with E-state index in [1.807, 2.05) is 0 Å². The summed E-state index contributed by atoms with van der Waals surface area (Å²) >= 11 is 0. The molecule has 0 saturated heterocycles. The van der Waals surface area contributed by atoms with Gasteiger partial charge in [0.2, 0.25) is 0 Å². The third kappa shape index (κ3) is 4.05. The summed E-state index contributed by atoms with van der Waals surface area (Å²) in [4.78, 5) is 0. The van der Waals surface area contributed by atoms with E-state index < -0.39 is 6.36 Å². The fourth-order valence-corrected chi connectivity index (χ4v) is 2.91. The third-order valence-electron chi connectivity index (χ3n) is 3.97. The van der Waals surface area contributed by atoms with Crippen LogP contribution in [0.2, 0.25) is 0 Å². The Morgan fingerprint density at radius 2 is 1.60 bits per heavy atom. The van der Waals surface area contributed by atoms with Gasteiger partial charge in [-0.2, -0.15) is 0 Å². The number of benzene rings is 1. The van der Waals surface area contributed by atoms with Crippen LogP contribution in [-0.4, -0.2) is 12.4 Å². The maximum absolute atomic E-state index is 12.1. The zero-order valence-electron chi connectivity index (χ0n) is 11.7. The second-order valence-electron chi connectivity index (χ2n) is 5.63. The SMILES string of the molecule is CC1CCCC(C)C1Nc1ccc(OC(F)(F)F)cc1. The first-order valence-electron chi connectivity index (χ1n) is 6.97. The molecule has 2 unspecified atom stereocenters. The smallest absolute Gasteiger partial charge is 0.406 e. The van der Waals surface area contributed by atoms with Crippen LogP contribution in [0.15, 0.2) is 24.3 Å². The molecule has 112 valence electrons. The van der Waals surface area contributed by atoms with Crippen LogP contribution in [0.5, 0.6) is 5.75 Å². The van der Waals surface area contributed by atoms with Crippen LogP contribution in [0.1, 0.15) is 33.1 Å². The number of hydrogen-bond donors (Lipinski definition) is 1. The minimum Gasteiger partial charge on any atom is -0.406 e. The molecule has 0 bridgehead atoms. The van der Waals surface area contributed by atoms with Gasteiger partial charge in [0, 0.05) is 11.7 Å². The Morgan fingerprint density at radius 1 is 1.05 bits per heavy atom. The molecule has 1 saturated carbocycles. The summed E-state index contributed by atoms with van der Waals surface area (Å²) < 4.78 is 40.1. The lowest BCUT2D eigenvalue weighted by Crippen LogP contribution is -2.37. The van der Waals surface area contributed by atoms with Gasteiger partial charge >= 0.3 is 6.36 Å². The number of halogens is 3. The van der Waals surface area contributed by atoms with Gasteiger partial charge in [-0.15, -0.1) is 13.2 Å². The maximum Gasteiger partial charge on any atom is 0.573 e. The van der Waals surface area contributed by atoms with E-state index in [9.17, 15) is 13.2 Å². The summed E-state index contributed by atoms with van der Waals surface area (Å²) in [7, 11) is 0.